The van der Waals surface area contributed by atoms with Crippen LogP contribution < -0.4 is 0 Å². The summed E-state index contributed by atoms with van der Waals surface area (Å²) < 4.78 is 61.9. The molecule has 24 nitrogen and oxygen atoms in total. The van der Waals surface area contributed by atoms with Gasteiger partial charge in [-0.05, 0) is 85.9 Å². The summed E-state index contributed by atoms with van der Waals surface area (Å²) in [4.78, 5) is 12.6. The molecule has 5 saturated heterocycles. The number of rotatable bonds is 12. The van der Waals surface area contributed by atoms with E-state index in [0.717, 1.165) is 25.7 Å². The molecular formula is C54H88O24. The van der Waals surface area contributed by atoms with Crippen molar-refractivity contribution in [3.63, 3.8) is 0 Å². The number of hydrogen-bond acceptors (Lipinski definition) is 24. The number of fused-ring (bicyclic) bond motifs is 4. The lowest BCUT2D eigenvalue weighted by Gasteiger charge is -2.75. The number of esters is 1. The average Bonchev–Trinajstić information content (AvgIpc) is 3.85. The molecule has 0 aromatic rings. The van der Waals surface area contributed by atoms with E-state index < -0.39 is 177 Å². The Labute approximate surface area is 454 Å². The largest absolute Gasteiger partial charge is 0.462 e. The van der Waals surface area contributed by atoms with Crippen LogP contribution >= 0.6 is 0 Å². The van der Waals surface area contributed by atoms with Gasteiger partial charge in [0, 0.05) is 23.7 Å². The lowest BCUT2D eigenvalue weighted by Crippen LogP contribution is -2.75. The second kappa shape index (κ2) is 21.3. The molecule has 78 heavy (non-hydrogen) atoms. The summed E-state index contributed by atoms with van der Waals surface area (Å²) in [5.41, 5.74) is -3.60. The second-order valence-electron chi connectivity index (χ2n) is 26.7. The number of aliphatic hydroxyl groups excluding tert-OH is 13. The van der Waals surface area contributed by atoms with Gasteiger partial charge in [0.05, 0.1) is 62.9 Å². The number of ether oxygens (including phenoxy) is 10. The maximum atomic E-state index is 12.6. The van der Waals surface area contributed by atoms with Gasteiger partial charge in [-0.15, -0.1) is 0 Å². The van der Waals surface area contributed by atoms with Gasteiger partial charge >= 0.3 is 5.97 Å². The maximum absolute atomic E-state index is 12.6. The van der Waals surface area contributed by atoms with E-state index in [4.69, 9.17) is 47.4 Å². The molecule has 0 aromatic carbocycles. The van der Waals surface area contributed by atoms with Gasteiger partial charge in [-0.1, -0.05) is 41.5 Å². The fraction of sp³-hybridized carbons (Fsp3) is 0.981. The number of carbonyl (C=O) groups is 1. The van der Waals surface area contributed by atoms with Crippen molar-refractivity contribution in [3.05, 3.63) is 0 Å². The Balaban J connectivity index is 0.915. The zero-order valence-corrected chi connectivity index (χ0v) is 45.8. The Morgan fingerprint density at radius 1 is 0.564 bits per heavy atom. The van der Waals surface area contributed by atoms with Crippen molar-refractivity contribution in [2.75, 3.05) is 39.6 Å². The van der Waals surface area contributed by atoms with Gasteiger partial charge in [-0.3, -0.25) is 4.79 Å². The van der Waals surface area contributed by atoms with E-state index in [-0.39, 0.29) is 46.6 Å². The van der Waals surface area contributed by atoms with Crippen LogP contribution in [0.4, 0.5) is 0 Å². The standard InChI is InChI=1S/C54H88O24/c1-23(58)72-33-16-48(2,3)14-30-53(33)22-71-54(30)13-9-29-49(4)11-10-32(50(5,21-57)28(49)8-12-51(29,6)52(54,7)15-31(53)60)76-46-42(78-45-41(68)38(65)35(62)25(17-55)73-45)37(64)27(20-70-46)75-47-43(39(66)36(63)26(18-56)74-47)77-44-40(67)34(61)24(59)19-69-44/h24-47,55-57,59-68H,8-22H2,1-7H3/t24-,25+,26+,27+,28+,29+,30+,31+,32-,33-,34-,35+,36+,37-,38-,39-,40+,41+,42+,43+,44-,45-,46-,47-,49-,50-,51+,52-,53-,54-/m0/s1. The molecule has 30 atom stereocenters. The Hall–Kier alpha value is -1.41. The van der Waals surface area contributed by atoms with Crippen LogP contribution in [0.1, 0.15) is 106 Å². The van der Waals surface area contributed by atoms with Gasteiger partial charge < -0.3 is 114 Å². The molecule has 13 N–H and O–H groups in total. The number of aliphatic hydroxyl groups is 13. The third-order valence-corrected chi connectivity index (χ3v) is 22.3. The van der Waals surface area contributed by atoms with E-state index in [1.54, 1.807) is 0 Å². The normalized spacial score (nSPS) is 56.7. The highest BCUT2D eigenvalue weighted by molar-refractivity contribution is 5.66. The highest BCUT2D eigenvalue weighted by atomic mass is 16.8. The van der Waals surface area contributed by atoms with Crippen LogP contribution in [0.5, 0.6) is 0 Å². The summed E-state index contributed by atoms with van der Waals surface area (Å²) in [5.74, 6) is -0.425. The van der Waals surface area contributed by atoms with Crippen molar-refractivity contribution >= 4 is 5.97 Å². The lowest BCUT2D eigenvalue weighted by molar-refractivity contribution is -0.393. The number of hydrogen-bond donors (Lipinski definition) is 13. The van der Waals surface area contributed by atoms with Crippen molar-refractivity contribution in [2.24, 2.45) is 50.2 Å². The molecule has 448 valence electrons. The highest BCUT2D eigenvalue weighted by Gasteiger charge is 2.82. The molecular weight excluding hydrogens is 1030 g/mol. The van der Waals surface area contributed by atoms with Gasteiger partial charge in [0.25, 0.3) is 0 Å². The average molecular weight is 1120 g/mol. The molecule has 0 radical (unpaired) electrons. The highest BCUT2D eigenvalue weighted by Crippen LogP contribution is 2.81. The predicted octanol–water partition coefficient (Wildman–Crippen LogP) is -2.56. The molecule has 0 amide bonds. The van der Waals surface area contributed by atoms with Crippen molar-refractivity contribution < 1.29 is 119 Å². The topological polar surface area (TPSA) is 372 Å². The summed E-state index contributed by atoms with van der Waals surface area (Å²) in [6, 6.07) is 0. The lowest BCUT2D eigenvalue weighted by atomic mass is 9.30. The van der Waals surface area contributed by atoms with Crippen LogP contribution in [0.15, 0.2) is 0 Å². The minimum atomic E-state index is -1.93. The Kier molecular flexibility index (Phi) is 16.3. The fourth-order valence-electron chi connectivity index (χ4n) is 17.9. The van der Waals surface area contributed by atoms with Gasteiger partial charge in [-0.2, -0.15) is 0 Å². The van der Waals surface area contributed by atoms with Crippen LogP contribution in [-0.2, 0) is 52.2 Å². The Morgan fingerprint density at radius 3 is 1.85 bits per heavy atom. The fourth-order valence-corrected chi connectivity index (χ4v) is 17.9. The molecule has 1 spiro atoms. The van der Waals surface area contributed by atoms with Crippen LogP contribution in [0, 0.1) is 50.2 Å². The Morgan fingerprint density at radius 2 is 1.18 bits per heavy atom. The first-order valence-corrected chi connectivity index (χ1v) is 28.2. The van der Waals surface area contributed by atoms with Gasteiger partial charge in [0.1, 0.15) is 91.6 Å². The molecule has 5 saturated carbocycles. The van der Waals surface area contributed by atoms with E-state index >= 15 is 0 Å². The van der Waals surface area contributed by atoms with Crippen molar-refractivity contribution in [2.45, 2.75) is 241 Å². The van der Waals surface area contributed by atoms with E-state index in [1.165, 1.54) is 6.92 Å². The first-order valence-electron chi connectivity index (χ1n) is 28.2. The molecule has 10 aliphatic rings. The first kappa shape index (κ1) is 59.7. The third-order valence-electron chi connectivity index (χ3n) is 22.3. The van der Waals surface area contributed by atoms with Crippen LogP contribution in [-0.4, -0.2) is 247 Å². The summed E-state index contributed by atoms with van der Waals surface area (Å²) in [6.07, 6.45) is -26.7. The maximum Gasteiger partial charge on any atom is 0.302 e. The van der Waals surface area contributed by atoms with Crippen LogP contribution in [0.2, 0.25) is 0 Å². The molecule has 0 aromatic heterocycles. The predicted molar refractivity (Wildman–Crippen MR) is 263 cm³/mol. The number of carbonyl (C=O) groups excluding carboxylic acids is 1. The summed E-state index contributed by atoms with van der Waals surface area (Å²) in [6.45, 7) is 12.3. The zero-order valence-electron chi connectivity index (χ0n) is 45.8. The molecule has 5 aliphatic carbocycles. The van der Waals surface area contributed by atoms with Gasteiger partial charge in [-0.25, -0.2) is 0 Å². The second-order valence-corrected chi connectivity index (χ2v) is 26.7. The van der Waals surface area contributed by atoms with E-state index in [2.05, 4.69) is 34.6 Å². The smallest absolute Gasteiger partial charge is 0.302 e. The van der Waals surface area contributed by atoms with E-state index in [1.807, 2.05) is 6.92 Å². The molecule has 10 fully saturated rings. The van der Waals surface area contributed by atoms with Crippen molar-refractivity contribution in [1.29, 1.82) is 0 Å². The molecule has 5 heterocycles. The van der Waals surface area contributed by atoms with Gasteiger partial charge in [0.15, 0.2) is 25.2 Å². The first-order chi connectivity index (χ1) is 36.6. The monoisotopic (exact) mass is 1120 g/mol. The summed E-state index contributed by atoms with van der Waals surface area (Å²) in [5, 5.41) is 143. The van der Waals surface area contributed by atoms with E-state index in [0.29, 0.717) is 38.7 Å². The van der Waals surface area contributed by atoms with Gasteiger partial charge in [0.2, 0.25) is 0 Å². The molecule has 5 aliphatic heterocycles. The molecule has 10 rings (SSSR count). The van der Waals surface area contributed by atoms with Crippen molar-refractivity contribution in [1.82, 2.24) is 0 Å². The van der Waals surface area contributed by atoms with Crippen LogP contribution in [0.3, 0.4) is 0 Å². The third kappa shape index (κ3) is 9.02. The minimum Gasteiger partial charge on any atom is -0.462 e. The molecule has 0 unspecified atom stereocenters. The Bertz CT molecular complexity index is 2140. The van der Waals surface area contributed by atoms with E-state index in [9.17, 15) is 71.2 Å². The minimum absolute atomic E-state index is 0.0473. The van der Waals surface area contributed by atoms with Crippen LogP contribution in [0.25, 0.3) is 0 Å². The molecule has 2 bridgehead atoms. The SMILES string of the molecule is CC(=O)O[C@H]1CC(C)(C)C[C@@H]2[C@]13CO[C@@]21CC[C@@H]2[C@@]4(C)CC[C@H](O[C@@H]5OC[C@@H](O[C@@H]6O[C@H](CO)[C@@H](O)[C@H](O)[C@H]6O[C@@H]6OC[C@H](O)[C@H](O)[C@H]6O)[C@H](O)[C@H]5O[C@@H]5O[C@H](CO)[C@@H](O)[C@H](O)[C@H]5O)[C@@](C)(CO)[C@@H]4CC[C@@]2(C)[C@]1(C)C[C@H]3O. The quantitative estimate of drug-likeness (QED) is 0.0706. The van der Waals surface area contributed by atoms with Crippen molar-refractivity contribution in [3.8, 4) is 0 Å². The summed E-state index contributed by atoms with van der Waals surface area (Å²) in [7, 11) is 0. The zero-order chi connectivity index (χ0) is 56.6. The molecule has 24 heteroatoms. The summed E-state index contributed by atoms with van der Waals surface area (Å²) >= 11 is 0.